The minimum absolute atomic E-state index is 0.209. The second kappa shape index (κ2) is 6.93. The maximum Gasteiger partial charge on any atom is 0.252 e. The van der Waals surface area contributed by atoms with Crippen LogP contribution in [0.5, 0.6) is 0 Å². The van der Waals surface area contributed by atoms with E-state index in [9.17, 15) is 9.59 Å². The molecule has 130 valence electrons. The van der Waals surface area contributed by atoms with Gasteiger partial charge in [0.15, 0.2) is 0 Å². The summed E-state index contributed by atoms with van der Waals surface area (Å²) in [5.41, 5.74) is 5.32. The monoisotopic (exact) mass is 374 g/mol. The predicted molar refractivity (Wildman–Crippen MR) is 103 cm³/mol. The van der Waals surface area contributed by atoms with Gasteiger partial charge in [-0.15, -0.1) is 0 Å². The Morgan fingerprint density at radius 2 is 1.20 bits per heavy atom. The number of carbonyl (C=O) groups is 2. The van der Waals surface area contributed by atoms with Crippen molar-refractivity contribution >= 4 is 33.7 Å². The molecule has 2 aromatic rings. The third-order valence-corrected chi connectivity index (χ3v) is 5.60. The molecule has 1 aliphatic rings. The average Bonchev–Trinajstić information content (AvgIpc) is 2.85. The lowest BCUT2D eigenvalue weighted by Gasteiger charge is -2.32. The van der Waals surface area contributed by atoms with E-state index in [4.69, 9.17) is 23.2 Å². The van der Waals surface area contributed by atoms with E-state index in [1.165, 1.54) is 0 Å². The Morgan fingerprint density at radius 3 is 1.52 bits per heavy atom. The van der Waals surface area contributed by atoms with Gasteiger partial charge in [0.25, 0.3) is 10.5 Å². The molecule has 0 heterocycles. The summed E-state index contributed by atoms with van der Waals surface area (Å²) in [6.07, 6.45) is 3.88. The van der Waals surface area contributed by atoms with E-state index in [0.29, 0.717) is 11.1 Å². The number of halogens is 2. The highest BCUT2D eigenvalue weighted by atomic mass is 35.5. The summed E-state index contributed by atoms with van der Waals surface area (Å²) < 4.78 is 0. The Labute approximate surface area is 158 Å². The van der Waals surface area contributed by atoms with Crippen LogP contribution in [-0.4, -0.2) is 10.5 Å². The summed E-state index contributed by atoms with van der Waals surface area (Å²) in [6, 6.07) is 11.3. The van der Waals surface area contributed by atoms with Gasteiger partial charge in [-0.05, 0) is 82.6 Å². The summed E-state index contributed by atoms with van der Waals surface area (Å²) in [5.74, 6) is 0. The molecule has 0 bridgehead atoms. The Balaban J connectivity index is 2.32. The largest absolute Gasteiger partial charge is 0.276 e. The maximum atomic E-state index is 11.7. The zero-order valence-corrected chi connectivity index (χ0v) is 15.9. The molecule has 2 aromatic carbocycles. The maximum absolute atomic E-state index is 11.7. The van der Waals surface area contributed by atoms with Gasteiger partial charge in [0.2, 0.25) is 0 Å². The first-order chi connectivity index (χ1) is 11.9. The van der Waals surface area contributed by atoms with Crippen LogP contribution < -0.4 is 0 Å². The van der Waals surface area contributed by atoms with Crippen molar-refractivity contribution < 1.29 is 9.59 Å². The first-order valence-electron chi connectivity index (χ1n) is 8.63. The van der Waals surface area contributed by atoms with Crippen LogP contribution in [0.4, 0.5) is 0 Å². The van der Waals surface area contributed by atoms with E-state index < -0.39 is 10.5 Å². The Morgan fingerprint density at radius 1 is 0.800 bits per heavy atom. The van der Waals surface area contributed by atoms with Gasteiger partial charge in [-0.1, -0.05) is 38.8 Å². The lowest BCUT2D eigenvalue weighted by molar-refractivity contribution is 0.107. The average molecular weight is 375 g/mol. The normalized spacial score (nSPS) is 14.1. The van der Waals surface area contributed by atoms with Gasteiger partial charge in [0, 0.05) is 16.5 Å². The van der Waals surface area contributed by atoms with Crippen molar-refractivity contribution in [3.63, 3.8) is 0 Å². The molecule has 0 amide bonds. The van der Waals surface area contributed by atoms with E-state index >= 15 is 0 Å². The van der Waals surface area contributed by atoms with Gasteiger partial charge in [-0.25, -0.2) is 0 Å². The number of fused-ring (bicyclic) bond motifs is 3. The molecule has 0 N–H and O–H groups in total. The molecule has 1 aliphatic carbocycles. The zero-order valence-electron chi connectivity index (χ0n) is 14.4. The quantitative estimate of drug-likeness (QED) is 0.555. The number of benzene rings is 2. The van der Waals surface area contributed by atoms with Gasteiger partial charge < -0.3 is 0 Å². The molecule has 0 atom stereocenters. The standard InChI is InChI=1S/C21H20Cl2O2/c1-3-9-21(10-4-2)17-11-13(19(22)24)5-7-15(17)16-8-6-14(20(23)25)12-18(16)21/h5-8,11-12H,3-4,9-10H2,1-2H3. The van der Waals surface area contributed by atoms with Gasteiger partial charge in [-0.3, -0.25) is 9.59 Å². The molecule has 0 spiro atoms. The molecular formula is C21H20Cl2O2. The highest BCUT2D eigenvalue weighted by Crippen LogP contribution is 2.54. The minimum atomic E-state index is -0.447. The fraction of sp³-hybridized carbons (Fsp3) is 0.333. The summed E-state index contributed by atoms with van der Waals surface area (Å²) in [6.45, 7) is 4.31. The minimum Gasteiger partial charge on any atom is -0.276 e. The number of rotatable bonds is 6. The lowest BCUT2D eigenvalue weighted by atomic mass is 9.71. The van der Waals surface area contributed by atoms with Crippen LogP contribution in [0, 0.1) is 0 Å². The zero-order chi connectivity index (χ0) is 18.2. The number of carbonyl (C=O) groups excluding carboxylic acids is 2. The molecule has 0 aromatic heterocycles. The number of hydrogen-bond donors (Lipinski definition) is 0. The van der Waals surface area contributed by atoms with Gasteiger partial charge in [0.05, 0.1) is 0 Å². The van der Waals surface area contributed by atoms with Gasteiger partial charge >= 0.3 is 0 Å². The predicted octanol–water partition coefficient (Wildman–Crippen LogP) is 6.31. The summed E-state index contributed by atoms with van der Waals surface area (Å²) in [7, 11) is 0. The van der Waals surface area contributed by atoms with Gasteiger partial charge in [0.1, 0.15) is 0 Å². The SMILES string of the molecule is CCCC1(CCC)c2cc(C(=O)Cl)ccc2-c2ccc(C(=O)Cl)cc21. The molecule has 0 radical (unpaired) electrons. The second-order valence-electron chi connectivity index (χ2n) is 6.65. The first kappa shape index (κ1) is 18.2. The van der Waals surface area contributed by atoms with Crippen molar-refractivity contribution in [2.45, 2.75) is 44.9 Å². The van der Waals surface area contributed by atoms with Crippen molar-refractivity contribution in [1.82, 2.24) is 0 Å². The molecule has 4 heteroatoms. The molecule has 25 heavy (non-hydrogen) atoms. The van der Waals surface area contributed by atoms with Crippen LogP contribution in [0.2, 0.25) is 0 Å². The molecule has 3 rings (SSSR count). The van der Waals surface area contributed by atoms with Crippen molar-refractivity contribution in [2.75, 3.05) is 0 Å². The van der Waals surface area contributed by atoms with E-state index in [-0.39, 0.29) is 5.41 Å². The van der Waals surface area contributed by atoms with E-state index in [0.717, 1.165) is 47.9 Å². The molecule has 0 unspecified atom stereocenters. The van der Waals surface area contributed by atoms with Gasteiger partial charge in [-0.2, -0.15) is 0 Å². The van der Waals surface area contributed by atoms with E-state index in [1.807, 2.05) is 24.3 Å². The van der Waals surface area contributed by atoms with Crippen molar-refractivity contribution in [2.24, 2.45) is 0 Å². The van der Waals surface area contributed by atoms with E-state index in [1.54, 1.807) is 12.1 Å². The number of hydrogen-bond acceptors (Lipinski definition) is 2. The molecule has 0 saturated carbocycles. The van der Waals surface area contributed by atoms with Crippen LogP contribution in [0.15, 0.2) is 36.4 Å². The van der Waals surface area contributed by atoms with Crippen molar-refractivity contribution in [1.29, 1.82) is 0 Å². The van der Waals surface area contributed by atoms with Crippen molar-refractivity contribution in [3.05, 3.63) is 58.7 Å². The highest BCUT2D eigenvalue weighted by molar-refractivity contribution is 6.68. The molecule has 0 saturated heterocycles. The molecule has 2 nitrogen and oxygen atoms in total. The summed E-state index contributed by atoms with van der Waals surface area (Å²) in [5, 5.41) is -0.894. The lowest BCUT2D eigenvalue weighted by Crippen LogP contribution is -2.25. The summed E-state index contributed by atoms with van der Waals surface area (Å²) >= 11 is 11.5. The Kier molecular flexibility index (Phi) is 5.04. The smallest absolute Gasteiger partial charge is 0.252 e. The van der Waals surface area contributed by atoms with Crippen LogP contribution in [0.1, 0.15) is 71.4 Å². The van der Waals surface area contributed by atoms with Crippen molar-refractivity contribution in [3.8, 4) is 11.1 Å². The van der Waals surface area contributed by atoms with E-state index in [2.05, 4.69) is 13.8 Å². The summed E-state index contributed by atoms with van der Waals surface area (Å²) in [4.78, 5) is 23.4. The fourth-order valence-electron chi connectivity index (χ4n) is 4.26. The Bertz CT molecular complexity index is 783. The van der Waals surface area contributed by atoms with Crippen LogP contribution in [0.3, 0.4) is 0 Å². The fourth-order valence-corrected chi connectivity index (χ4v) is 4.49. The van der Waals surface area contributed by atoms with Crippen LogP contribution in [0.25, 0.3) is 11.1 Å². The molecular weight excluding hydrogens is 355 g/mol. The highest BCUT2D eigenvalue weighted by Gasteiger charge is 2.42. The third kappa shape index (κ3) is 2.92. The van der Waals surface area contributed by atoms with Crippen LogP contribution >= 0.6 is 23.2 Å². The first-order valence-corrected chi connectivity index (χ1v) is 9.39. The molecule has 0 fully saturated rings. The van der Waals surface area contributed by atoms with Crippen LogP contribution in [-0.2, 0) is 5.41 Å². The third-order valence-electron chi connectivity index (χ3n) is 5.17. The second-order valence-corrected chi connectivity index (χ2v) is 7.34. The Hall–Kier alpha value is -1.64. The topological polar surface area (TPSA) is 34.1 Å². The molecule has 0 aliphatic heterocycles.